The minimum Gasteiger partial charge on any atom is -0.497 e. The lowest BCUT2D eigenvalue weighted by atomic mass is 10.2. The zero-order chi connectivity index (χ0) is 9.14. The highest BCUT2D eigenvalue weighted by Crippen LogP contribution is 2.33. The Morgan fingerprint density at radius 2 is 2.08 bits per heavy atom. The molecule has 0 atom stereocenters. The fourth-order valence-electron chi connectivity index (χ4n) is 0.816. The summed E-state index contributed by atoms with van der Waals surface area (Å²) in [5.41, 5.74) is 0.817. The van der Waals surface area contributed by atoms with Gasteiger partial charge in [0.2, 0.25) is 0 Å². The lowest BCUT2D eigenvalue weighted by Gasteiger charge is -2.06. The van der Waals surface area contributed by atoms with Crippen LogP contribution in [0.5, 0.6) is 5.75 Å². The molecular formula is C8H7BrCl2O. The summed E-state index contributed by atoms with van der Waals surface area (Å²) in [6.07, 6.45) is 0. The second-order valence-corrected chi connectivity index (χ2v) is 4.14. The SMILES string of the molecule is COc1ccc(Br)c(C(Cl)Cl)c1. The molecule has 1 aromatic carbocycles. The molecule has 0 heterocycles. The number of rotatable bonds is 2. The molecule has 0 spiro atoms. The van der Waals surface area contributed by atoms with Gasteiger partial charge in [0.25, 0.3) is 0 Å². The third-order valence-corrected chi connectivity index (χ3v) is 2.63. The number of ether oxygens (including phenoxy) is 1. The third kappa shape index (κ3) is 2.28. The number of benzene rings is 1. The molecular weight excluding hydrogens is 263 g/mol. The summed E-state index contributed by atoms with van der Waals surface area (Å²) in [7, 11) is 1.60. The molecule has 1 aromatic rings. The normalized spacial score (nSPS) is 10.4. The average molecular weight is 270 g/mol. The van der Waals surface area contributed by atoms with Gasteiger partial charge in [-0.05, 0) is 18.2 Å². The molecule has 4 heteroatoms. The smallest absolute Gasteiger partial charge is 0.134 e. The summed E-state index contributed by atoms with van der Waals surface area (Å²) < 4.78 is 5.91. The van der Waals surface area contributed by atoms with E-state index in [9.17, 15) is 0 Å². The van der Waals surface area contributed by atoms with Crippen LogP contribution in [0.2, 0.25) is 0 Å². The molecule has 66 valence electrons. The van der Waals surface area contributed by atoms with Gasteiger partial charge >= 0.3 is 0 Å². The van der Waals surface area contributed by atoms with Crippen molar-refractivity contribution in [2.45, 2.75) is 4.84 Å². The molecule has 1 nitrogen and oxygen atoms in total. The fourth-order valence-corrected chi connectivity index (χ4v) is 1.92. The zero-order valence-corrected chi connectivity index (χ0v) is 9.45. The Kier molecular flexibility index (Phi) is 3.69. The molecule has 0 aromatic heterocycles. The molecule has 0 aliphatic rings. The van der Waals surface area contributed by atoms with Crippen molar-refractivity contribution < 1.29 is 4.74 Å². The van der Waals surface area contributed by atoms with Crippen LogP contribution in [0.15, 0.2) is 22.7 Å². The Hall–Kier alpha value is 0.0800. The van der Waals surface area contributed by atoms with Crippen molar-refractivity contribution in [1.82, 2.24) is 0 Å². The molecule has 0 aliphatic heterocycles. The van der Waals surface area contributed by atoms with E-state index in [1.54, 1.807) is 13.2 Å². The largest absolute Gasteiger partial charge is 0.497 e. The van der Waals surface area contributed by atoms with Crippen molar-refractivity contribution in [2.24, 2.45) is 0 Å². The van der Waals surface area contributed by atoms with Gasteiger partial charge in [-0.1, -0.05) is 15.9 Å². The van der Waals surface area contributed by atoms with Crippen LogP contribution in [0.1, 0.15) is 10.4 Å². The van der Waals surface area contributed by atoms with Crippen LogP contribution in [0, 0.1) is 0 Å². The van der Waals surface area contributed by atoms with Crippen LogP contribution >= 0.6 is 39.1 Å². The molecule has 1 rings (SSSR count). The first-order valence-corrected chi connectivity index (χ1v) is 4.93. The molecule has 0 saturated carbocycles. The van der Waals surface area contributed by atoms with E-state index in [-0.39, 0.29) is 0 Å². The lowest BCUT2D eigenvalue weighted by molar-refractivity contribution is 0.414. The van der Waals surface area contributed by atoms with Gasteiger partial charge in [-0.3, -0.25) is 0 Å². The van der Waals surface area contributed by atoms with Gasteiger partial charge in [0, 0.05) is 10.0 Å². The van der Waals surface area contributed by atoms with Crippen LogP contribution in [0.25, 0.3) is 0 Å². The first kappa shape index (κ1) is 10.2. The summed E-state index contributed by atoms with van der Waals surface area (Å²) in [5, 5.41) is 0. The van der Waals surface area contributed by atoms with Gasteiger partial charge in [0.15, 0.2) is 0 Å². The highest BCUT2D eigenvalue weighted by atomic mass is 79.9. The van der Waals surface area contributed by atoms with E-state index in [1.807, 2.05) is 12.1 Å². The molecule has 12 heavy (non-hydrogen) atoms. The van der Waals surface area contributed by atoms with Crippen LogP contribution in [0.3, 0.4) is 0 Å². The lowest BCUT2D eigenvalue weighted by Crippen LogP contribution is -1.87. The Morgan fingerprint density at radius 3 is 2.58 bits per heavy atom. The molecule has 0 bridgehead atoms. The van der Waals surface area contributed by atoms with Gasteiger partial charge in [-0.25, -0.2) is 0 Å². The summed E-state index contributed by atoms with van der Waals surface area (Å²) in [5.74, 6) is 0.750. The number of hydrogen-bond donors (Lipinski definition) is 0. The van der Waals surface area contributed by atoms with Crippen molar-refractivity contribution in [3.05, 3.63) is 28.2 Å². The quantitative estimate of drug-likeness (QED) is 0.739. The molecule has 0 radical (unpaired) electrons. The summed E-state index contributed by atoms with van der Waals surface area (Å²) >= 11 is 14.8. The van der Waals surface area contributed by atoms with Crippen molar-refractivity contribution >= 4 is 39.1 Å². The van der Waals surface area contributed by atoms with Gasteiger partial charge in [0.05, 0.1) is 7.11 Å². The summed E-state index contributed by atoms with van der Waals surface area (Å²) in [6.45, 7) is 0. The highest BCUT2D eigenvalue weighted by molar-refractivity contribution is 9.10. The minimum atomic E-state index is -0.533. The topological polar surface area (TPSA) is 9.23 Å². The Morgan fingerprint density at radius 1 is 1.42 bits per heavy atom. The predicted octanol–water partition coefficient (Wildman–Crippen LogP) is 3.93. The second-order valence-electron chi connectivity index (χ2n) is 2.19. The first-order chi connectivity index (χ1) is 5.65. The average Bonchev–Trinajstić information content (AvgIpc) is 2.05. The third-order valence-electron chi connectivity index (χ3n) is 1.44. The number of methoxy groups -OCH3 is 1. The Bertz CT molecular complexity index is 276. The Balaban J connectivity index is 3.08. The van der Waals surface area contributed by atoms with Gasteiger partial charge in [-0.15, -0.1) is 23.2 Å². The van der Waals surface area contributed by atoms with E-state index in [0.29, 0.717) is 0 Å². The van der Waals surface area contributed by atoms with Crippen molar-refractivity contribution in [3.63, 3.8) is 0 Å². The van der Waals surface area contributed by atoms with Gasteiger partial charge in [0.1, 0.15) is 10.6 Å². The molecule has 0 aliphatic carbocycles. The number of halogens is 3. The van der Waals surface area contributed by atoms with E-state index in [1.165, 1.54) is 0 Å². The van der Waals surface area contributed by atoms with Crippen LogP contribution < -0.4 is 4.74 Å². The number of alkyl halides is 2. The molecule has 0 unspecified atom stereocenters. The molecule has 0 N–H and O–H groups in total. The van der Waals surface area contributed by atoms with E-state index in [0.717, 1.165) is 15.8 Å². The van der Waals surface area contributed by atoms with E-state index < -0.39 is 4.84 Å². The summed E-state index contributed by atoms with van der Waals surface area (Å²) in [6, 6.07) is 5.49. The van der Waals surface area contributed by atoms with Gasteiger partial charge in [-0.2, -0.15) is 0 Å². The van der Waals surface area contributed by atoms with E-state index in [2.05, 4.69) is 15.9 Å². The maximum atomic E-state index is 5.72. The van der Waals surface area contributed by atoms with Crippen LogP contribution in [-0.2, 0) is 0 Å². The van der Waals surface area contributed by atoms with Crippen molar-refractivity contribution in [3.8, 4) is 5.75 Å². The standard InChI is InChI=1S/C8H7BrCl2O/c1-12-5-2-3-7(9)6(4-5)8(10)11/h2-4,8H,1H3. The van der Waals surface area contributed by atoms with Crippen molar-refractivity contribution in [2.75, 3.05) is 7.11 Å². The maximum absolute atomic E-state index is 5.72. The highest BCUT2D eigenvalue weighted by Gasteiger charge is 2.08. The first-order valence-electron chi connectivity index (χ1n) is 3.26. The van der Waals surface area contributed by atoms with Gasteiger partial charge < -0.3 is 4.74 Å². The molecule has 0 fully saturated rings. The van der Waals surface area contributed by atoms with Crippen LogP contribution in [-0.4, -0.2) is 7.11 Å². The van der Waals surface area contributed by atoms with Crippen molar-refractivity contribution in [1.29, 1.82) is 0 Å². The maximum Gasteiger partial charge on any atom is 0.134 e. The molecule has 0 amide bonds. The van der Waals surface area contributed by atoms with E-state index >= 15 is 0 Å². The predicted molar refractivity (Wildman–Crippen MR) is 55.1 cm³/mol. The zero-order valence-electron chi connectivity index (χ0n) is 6.35. The Labute approximate surface area is 89.7 Å². The summed E-state index contributed by atoms with van der Waals surface area (Å²) in [4.78, 5) is -0.533. The monoisotopic (exact) mass is 268 g/mol. The fraction of sp³-hybridized carbons (Fsp3) is 0.250. The second kappa shape index (κ2) is 4.35. The van der Waals surface area contributed by atoms with Crippen LogP contribution in [0.4, 0.5) is 0 Å². The van der Waals surface area contributed by atoms with E-state index in [4.69, 9.17) is 27.9 Å². The number of hydrogen-bond acceptors (Lipinski definition) is 1. The molecule has 0 saturated heterocycles. The minimum absolute atomic E-state index is 0.533.